The fourth-order valence-electron chi connectivity index (χ4n) is 1.73. The molecule has 0 aromatic carbocycles. The van der Waals surface area contributed by atoms with Gasteiger partial charge in [0.15, 0.2) is 12.4 Å². The summed E-state index contributed by atoms with van der Waals surface area (Å²) in [7, 11) is 0. The third kappa shape index (κ3) is 2.22. The minimum Gasteiger partial charge on any atom is -0.394 e. The molecule has 1 aromatic rings. The third-order valence-corrected chi connectivity index (χ3v) is 3.44. The second-order valence-electron chi connectivity index (χ2n) is 3.83. The van der Waals surface area contributed by atoms with Crippen LogP contribution in [0.5, 0.6) is 0 Å². The molecule has 4 atom stereocenters. The van der Waals surface area contributed by atoms with Crippen LogP contribution in [0.25, 0.3) is 0 Å². The number of halogens is 2. The van der Waals surface area contributed by atoms with Gasteiger partial charge in [-0.2, -0.15) is 0 Å². The van der Waals surface area contributed by atoms with Gasteiger partial charge in [-0.1, -0.05) is 0 Å². The first kappa shape index (κ1) is 13.6. The monoisotopic (exact) mass is 372 g/mol. The molecule has 2 rings (SSSR count). The van der Waals surface area contributed by atoms with E-state index in [2.05, 4.69) is 0 Å². The van der Waals surface area contributed by atoms with Crippen molar-refractivity contribution < 1.29 is 19.3 Å². The minimum atomic E-state index is -1.86. The molecule has 1 aromatic heterocycles. The van der Waals surface area contributed by atoms with Gasteiger partial charge in [-0.15, -0.1) is 0 Å². The van der Waals surface area contributed by atoms with E-state index in [0.717, 1.165) is 10.8 Å². The molecule has 18 heavy (non-hydrogen) atoms. The molecular weight excluding hydrogens is 362 g/mol. The predicted octanol–water partition coefficient (Wildman–Crippen LogP) is -1.27. The van der Waals surface area contributed by atoms with Gasteiger partial charge in [-0.05, 0) is 22.6 Å². The average molecular weight is 372 g/mol. The number of aromatic amines is 1. The molecule has 1 saturated heterocycles. The van der Waals surface area contributed by atoms with Crippen molar-refractivity contribution in [2.75, 3.05) is 6.61 Å². The zero-order valence-corrected chi connectivity index (χ0v) is 11.1. The van der Waals surface area contributed by atoms with Crippen LogP contribution in [-0.2, 0) is 4.74 Å². The van der Waals surface area contributed by atoms with E-state index in [9.17, 15) is 19.1 Å². The molecule has 3 N–H and O–H groups in total. The first-order valence-electron chi connectivity index (χ1n) is 5.05. The minimum absolute atomic E-state index is 0.185. The molecule has 0 radical (unpaired) electrons. The zero-order valence-electron chi connectivity index (χ0n) is 8.92. The summed E-state index contributed by atoms with van der Waals surface area (Å²) in [5.74, 6) is 0. The predicted molar refractivity (Wildman–Crippen MR) is 65.9 cm³/mol. The zero-order chi connectivity index (χ0) is 13.4. The molecule has 0 spiro atoms. The number of nitrogens with zero attached hydrogens (tertiary/aromatic N) is 1. The summed E-state index contributed by atoms with van der Waals surface area (Å²) in [6, 6.07) is 0. The van der Waals surface area contributed by atoms with Crippen molar-refractivity contribution in [3.8, 4) is 0 Å². The molecular formula is C9H10FIN2O5. The second kappa shape index (κ2) is 5.07. The number of alkyl halides is 1. The number of hydrogen-bond donors (Lipinski definition) is 3. The highest BCUT2D eigenvalue weighted by Gasteiger charge is 2.45. The van der Waals surface area contributed by atoms with Gasteiger partial charge < -0.3 is 14.9 Å². The maximum Gasteiger partial charge on any atom is 0.330 e. The van der Waals surface area contributed by atoms with Gasteiger partial charge in [0, 0.05) is 6.20 Å². The Morgan fingerprint density at radius 3 is 2.78 bits per heavy atom. The van der Waals surface area contributed by atoms with Gasteiger partial charge in [0.25, 0.3) is 5.56 Å². The highest BCUT2D eigenvalue weighted by molar-refractivity contribution is 14.1. The van der Waals surface area contributed by atoms with Crippen LogP contribution in [0.2, 0.25) is 0 Å². The molecule has 100 valence electrons. The molecule has 3 unspecified atom stereocenters. The van der Waals surface area contributed by atoms with Crippen molar-refractivity contribution in [2.45, 2.75) is 24.6 Å². The Kier molecular flexibility index (Phi) is 3.84. The van der Waals surface area contributed by atoms with Crippen LogP contribution >= 0.6 is 22.6 Å². The topological polar surface area (TPSA) is 105 Å². The Balaban J connectivity index is 2.42. The lowest BCUT2D eigenvalue weighted by Gasteiger charge is -2.15. The van der Waals surface area contributed by atoms with Crippen molar-refractivity contribution >= 4 is 22.6 Å². The first-order valence-corrected chi connectivity index (χ1v) is 6.13. The van der Waals surface area contributed by atoms with Gasteiger partial charge in [0.1, 0.15) is 12.2 Å². The number of nitrogens with one attached hydrogen (secondary N) is 1. The van der Waals surface area contributed by atoms with Gasteiger partial charge in [0.05, 0.1) is 10.2 Å². The second-order valence-corrected chi connectivity index (χ2v) is 4.99. The fraction of sp³-hybridized carbons (Fsp3) is 0.556. The summed E-state index contributed by atoms with van der Waals surface area (Å²) in [6.45, 7) is -0.562. The summed E-state index contributed by atoms with van der Waals surface area (Å²) in [5, 5.41) is 18.3. The molecule has 1 fully saturated rings. The van der Waals surface area contributed by atoms with E-state index in [0.29, 0.717) is 0 Å². The molecule has 1 aliphatic rings. The van der Waals surface area contributed by atoms with Crippen molar-refractivity contribution in [3.05, 3.63) is 30.6 Å². The Morgan fingerprint density at radius 2 is 2.22 bits per heavy atom. The highest BCUT2D eigenvalue weighted by atomic mass is 127. The number of aromatic nitrogens is 2. The van der Waals surface area contributed by atoms with Crippen LogP contribution in [-0.4, -0.2) is 44.8 Å². The molecule has 0 amide bonds. The quantitative estimate of drug-likeness (QED) is 0.562. The molecule has 1 aliphatic heterocycles. The molecule has 2 heterocycles. The normalized spacial score (nSPS) is 31.8. The summed E-state index contributed by atoms with van der Waals surface area (Å²) in [6.07, 6.45) is -4.69. The number of ether oxygens (including phenoxy) is 1. The van der Waals surface area contributed by atoms with Gasteiger partial charge in [0.2, 0.25) is 0 Å². The summed E-state index contributed by atoms with van der Waals surface area (Å²) >= 11 is 1.69. The molecule has 0 bridgehead atoms. The Bertz CT molecular complexity index is 559. The largest absolute Gasteiger partial charge is 0.394 e. The van der Waals surface area contributed by atoms with Crippen LogP contribution in [0.1, 0.15) is 6.23 Å². The smallest absolute Gasteiger partial charge is 0.330 e. The van der Waals surface area contributed by atoms with E-state index in [-0.39, 0.29) is 3.57 Å². The maximum atomic E-state index is 13.8. The van der Waals surface area contributed by atoms with Gasteiger partial charge in [-0.3, -0.25) is 14.3 Å². The van der Waals surface area contributed by atoms with E-state index < -0.39 is 42.5 Å². The van der Waals surface area contributed by atoms with Gasteiger partial charge in [-0.25, -0.2) is 9.18 Å². The number of rotatable bonds is 2. The number of aliphatic hydroxyl groups is 2. The van der Waals surface area contributed by atoms with Crippen molar-refractivity contribution in [3.63, 3.8) is 0 Å². The lowest BCUT2D eigenvalue weighted by Crippen LogP contribution is -2.37. The highest BCUT2D eigenvalue weighted by Crippen LogP contribution is 2.30. The maximum absolute atomic E-state index is 13.8. The third-order valence-electron chi connectivity index (χ3n) is 2.67. The summed E-state index contributed by atoms with van der Waals surface area (Å²) in [5.41, 5.74) is -1.41. The lowest BCUT2D eigenvalue weighted by molar-refractivity contribution is -0.0492. The number of aliphatic hydroxyl groups excluding tert-OH is 2. The number of H-pyrrole nitrogens is 1. The van der Waals surface area contributed by atoms with E-state index in [4.69, 9.17) is 9.84 Å². The Hall–Kier alpha value is -0.780. The van der Waals surface area contributed by atoms with Gasteiger partial charge >= 0.3 is 5.69 Å². The van der Waals surface area contributed by atoms with Crippen LogP contribution in [0.3, 0.4) is 0 Å². The van der Waals surface area contributed by atoms with E-state index in [1.54, 1.807) is 22.6 Å². The van der Waals surface area contributed by atoms with Crippen LogP contribution in [0, 0.1) is 3.57 Å². The molecule has 7 nitrogen and oxygen atoms in total. The lowest BCUT2D eigenvalue weighted by atomic mass is 10.1. The van der Waals surface area contributed by atoms with Crippen LogP contribution < -0.4 is 11.2 Å². The van der Waals surface area contributed by atoms with Crippen LogP contribution in [0.4, 0.5) is 4.39 Å². The van der Waals surface area contributed by atoms with E-state index >= 15 is 0 Å². The molecule has 0 saturated carbocycles. The summed E-state index contributed by atoms with van der Waals surface area (Å²) < 4.78 is 19.9. The van der Waals surface area contributed by atoms with E-state index in [1.807, 2.05) is 4.98 Å². The van der Waals surface area contributed by atoms with E-state index in [1.165, 1.54) is 0 Å². The van der Waals surface area contributed by atoms with Crippen molar-refractivity contribution in [2.24, 2.45) is 0 Å². The van der Waals surface area contributed by atoms with Crippen molar-refractivity contribution in [1.29, 1.82) is 0 Å². The average Bonchev–Trinajstić information content (AvgIpc) is 2.61. The van der Waals surface area contributed by atoms with Crippen molar-refractivity contribution in [1.82, 2.24) is 9.55 Å². The Labute approximate surface area is 113 Å². The molecule has 0 aliphatic carbocycles. The summed E-state index contributed by atoms with van der Waals surface area (Å²) in [4.78, 5) is 24.7. The first-order chi connectivity index (χ1) is 8.45. The van der Waals surface area contributed by atoms with Crippen LogP contribution in [0.15, 0.2) is 15.8 Å². The SMILES string of the molecule is O=c1[nH]c(=O)n(C2O[C@H](CO)C(O)C2F)cc1I. The fourth-order valence-corrected chi connectivity index (χ4v) is 2.16. The number of hydrogen-bond acceptors (Lipinski definition) is 5. The standard InChI is InChI=1S/C9H10FIN2O5/c10-5-6(15)4(2-14)18-8(5)13-1-3(11)7(16)12-9(13)17/h1,4-6,8,14-15H,2H2,(H,12,16,17)/t4-,5?,6?,8?/m1/s1. The Morgan fingerprint density at radius 1 is 1.56 bits per heavy atom. The molecule has 9 heteroatoms.